The number of carbonyl (C=O) groups is 1. The molecule has 2 aromatic rings. The van der Waals surface area contributed by atoms with Crippen LogP contribution in [0.5, 0.6) is 11.5 Å². The molecule has 112 valence electrons. The van der Waals surface area contributed by atoms with E-state index in [1.165, 1.54) is 6.08 Å². The maximum atomic E-state index is 11.5. The van der Waals surface area contributed by atoms with Crippen molar-refractivity contribution in [2.45, 2.75) is 13.5 Å². The zero-order valence-electron chi connectivity index (χ0n) is 12.5. The Hall–Kier alpha value is -2.81. The van der Waals surface area contributed by atoms with Gasteiger partial charge >= 0.3 is 0 Å². The van der Waals surface area contributed by atoms with E-state index in [0.29, 0.717) is 6.54 Å². The predicted octanol–water partition coefficient (Wildman–Crippen LogP) is 4.23. The molecule has 0 aliphatic heterocycles. The lowest BCUT2D eigenvalue weighted by Gasteiger charge is -2.07. The van der Waals surface area contributed by atoms with Crippen molar-refractivity contribution in [1.29, 1.82) is 0 Å². The number of amides is 1. The van der Waals surface area contributed by atoms with Crippen LogP contribution in [-0.4, -0.2) is 5.91 Å². The molecule has 0 aliphatic carbocycles. The average molecular weight is 293 g/mol. The number of nitrogens with one attached hydrogen (secondary N) is 1. The second kappa shape index (κ2) is 8.47. The molecule has 0 bridgehead atoms. The highest BCUT2D eigenvalue weighted by Gasteiger charge is 1.99. The Kier molecular flexibility index (Phi) is 6.00. The number of hydrogen-bond acceptors (Lipinski definition) is 2. The Morgan fingerprint density at radius 1 is 1.00 bits per heavy atom. The van der Waals surface area contributed by atoms with Gasteiger partial charge in [-0.3, -0.25) is 4.79 Å². The van der Waals surface area contributed by atoms with Crippen molar-refractivity contribution >= 4 is 5.91 Å². The lowest BCUT2D eigenvalue weighted by molar-refractivity contribution is -0.116. The first-order valence-electron chi connectivity index (χ1n) is 7.17. The topological polar surface area (TPSA) is 38.3 Å². The quantitative estimate of drug-likeness (QED) is 0.639. The first kappa shape index (κ1) is 15.6. The molecule has 1 amide bonds. The summed E-state index contributed by atoms with van der Waals surface area (Å²) in [5.41, 5.74) is 1.02. The normalized spacial score (nSPS) is 11.0. The summed E-state index contributed by atoms with van der Waals surface area (Å²) >= 11 is 0. The molecular weight excluding hydrogens is 274 g/mol. The van der Waals surface area contributed by atoms with Crippen molar-refractivity contribution in [3.05, 3.63) is 84.5 Å². The Balaban J connectivity index is 1.85. The van der Waals surface area contributed by atoms with Crippen LogP contribution in [0.1, 0.15) is 12.5 Å². The minimum atomic E-state index is -0.109. The molecule has 0 heterocycles. The van der Waals surface area contributed by atoms with Gasteiger partial charge in [-0.25, -0.2) is 0 Å². The summed E-state index contributed by atoms with van der Waals surface area (Å²) in [6, 6.07) is 17.3. The summed E-state index contributed by atoms with van der Waals surface area (Å²) in [6.07, 6.45) is 6.91. The summed E-state index contributed by atoms with van der Waals surface area (Å²) in [5.74, 6) is 1.47. The van der Waals surface area contributed by atoms with Crippen molar-refractivity contribution in [3.63, 3.8) is 0 Å². The van der Waals surface area contributed by atoms with E-state index in [-0.39, 0.29) is 5.91 Å². The van der Waals surface area contributed by atoms with Gasteiger partial charge in [0.05, 0.1) is 0 Å². The van der Waals surface area contributed by atoms with Crippen molar-refractivity contribution in [1.82, 2.24) is 5.32 Å². The van der Waals surface area contributed by atoms with Gasteiger partial charge in [-0.05, 0) is 36.8 Å². The zero-order valence-corrected chi connectivity index (χ0v) is 12.5. The third-order valence-electron chi connectivity index (χ3n) is 2.92. The van der Waals surface area contributed by atoms with Gasteiger partial charge in [0.25, 0.3) is 0 Å². The van der Waals surface area contributed by atoms with Crippen LogP contribution in [0.4, 0.5) is 0 Å². The van der Waals surface area contributed by atoms with Gasteiger partial charge in [-0.1, -0.05) is 48.6 Å². The fourth-order valence-electron chi connectivity index (χ4n) is 1.80. The van der Waals surface area contributed by atoms with Gasteiger partial charge in [0.15, 0.2) is 0 Å². The van der Waals surface area contributed by atoms with Gasteiger partial charge in [-0.15, -0.1) is 0 Å². The van der Waals surface area contributed by atoms with Gasteiger partial charge in [0, 0.05) is 12.6 Å². The van der Waals surface area contributed by atoms with Crippen molar-refractivity contribution < 1.29 is 9.53 Å². The first-order chi connectivity index (χ1) is 10.8. The summed E-state index contributed by atoms with van der Waals surface area (Å²) in [5, 5.41) is 2.83. The van der Waals surface area contributed by atoms with Crippen LogP contribution in [0.2, 0.25) is 0 Å². The number of para-hydroxylation sites is 1. The Bertz CT molecular complexity index is 643. The molecule has 1 N–H and O–H groups in total. The third-order valence-corrected chi connectivity index (χ3v) is 2.92. The van der Waals surface area contributed by atoms with Crippen LogP contribution in [0, 0.1) is 0 Å². The summed E-state index contributed by atoms with van der Waals surface area (Å²) in [7, 11) is 0. The monoisotopic (exact) mass is 293 g/mol. The largest absolute Gasteiger partial charge is 0.457 e. The Morgan fingerprint density at radius 2 is 1.68 bits per heavy atom. The predicted molar refractivity (Wildman–Crippen MR) is 88.8 cm³/mol. The standard InChI is InChI=1S/C19H19NO2/c1-2-3-5-10-19(21)20-15-16-11-13-18(14-12-16)22-17-8-6-4-7-9-17/h2-14H,15H2,1H3,(H,20,21). The van der Waals surface area contributed by atoms with Crippen LogP contribution < -0.4 is 10.1 Å². The molecule has 0 spiro atoms. The highest BCUT2D eigenvalue weighted by atomic mass is 16.5. The van der Waals surface area contributed by atoms with E-state index in [4.69, 9.17) is 4.74 Å². The second-order valence-electron chi connectivity index (χ2n) is 4.66. The SMILES string of the molecule is CC=CC=CC(=O)NCc1ccc(Oc2ccccc2)cc1. The number of allylic oxidation sites excluding steroid dienone is 3. The van der Waals surface area contributed by atoms with Crippen molar-refractivity contribution in [3.8, 4) is 11.5 Å². The summed E-state index contributed by atoms with van der Waals surface area (Å²) < 4.78 is 5.72. The van der Waals surface area contributed by atoms with Crippen LogP contribution in [-0.2, 0) is 11.3 Å². The van der Waals surface area contributed by atoms with Gasteiger partial charge in [-0.2, -0.15) is 0 Å². The molecule has 0 saturated heterocycles. The molecule has 0 saturated carbocycles. The smallest absolute Gasteiger partial charge is 0.244 e. The van der Waals surface area contributed by atoms with E-state index in [0.717, 1.165) is 17.1 Å². The zero-order chi connectivity index (χ0) is 15.6. The van der Waals surface area contributed by atoms with Gasteiger partial charge in [0.2, 0.25) is 5.91 Å². The molecule has 2 aromatic carbocycles. The van der Waals surface area contributed by atoms with E-state index in [2.05, 4.69) is 5.32 Å². The fourth-order valence-corrected chi connectivity index (χ4v) is 1.80. The van der Waals surface area contributed by atoms with Crippen LogP contribution in [0.25, 0.3) is 0 Å². The molecule has 22 heavy (non-hydrogen) atoms. The third kappa shape index (κ3) is 5.29. The van der Waals surface area contributed by atoms with Gasteiger partial charge < -0.3 is 10.1 Å². The highest BCUT2D eigenvalue weighted by Crippen LogP contribution is 2.20. The van der Waals surface area contributed by atoms with E-state index >= 15 is 0 Å². The number of carbonyl (C=O) groups excluding carboxylic acids is 1. The fraction of sp³-hybridized carbons (Fsp3) is 0.105. The Morgan fingerprint density at radius 3 is 2.36 bits per heavy atom. The van der Waals surface area contributed by atoms with Crippen molar-refractivity contribution in [2.24, 2.45) is 0 Å². The lowest BCUT2D eigenvalue weighted by atomic mass is 10.2. The van der Waals surface area contributed by atoms with Crippen LogP contribution in [0.3, 0.4) is 0 Å². The molecule has 0 atom stereocenters. The molecule has 2 rings (SSSR count). The molecule has 0 fully saturated rings. The molecule has 0 aromatic heterocycles. The minimum Gasteiger partial charge on any atom is -0.457 e. The molecule has 0 radical (unpaired) electrons. The van der Waals surface area contributed by atoms with Crippen molar-refractivity contribution in [2.75, 3.05) is 0 Å². The lowest BCUT2D eigenvalue weighted by Crippen LogP contribution is -2.20. The molecule has 3 nitrogen and oxygen atoms in total. The minimum absolute atomic E-state index is 0.109. The first-order valence-corrected chi connectivity index (χ1v) is 7.17. The van der Waals surface area contributed by atoms with E-state index in [1.807, 2.05) is 73.7 Å². The Labute approximate surface area is 130 Å². The van der Waals surface area contributed by atoms with Crippen LogP contribution >= 0.6 is 0 Å². The molecule has 3 heteroatoms. The summed E-state index contributed by atoms with van der Waals surface area (Å²) in [6.45, 7) is 2.39. The number of hydrogen-bond donors (Lipinski definition) is 1. The molecule has 0 unspecified atom stereocenters. The second-order valence-corrected chi connectivity index (χ2v) is 4.66. The van der Waals surface area contributed by atoms with E-state index in [1.54, 1.807) is 6.08 Å². The van der Waals surface area contributed by atoms with Gasteiger partial charge in [0.1, 0.15) is 11.5 Å². The summed E-state index contributed by atoms with van der Waals surface area (Å²) in [4.78, 5) is 11.5. The maximum absolute atomic E-state index is 11.5. The maximum Gasteiger partial charge on any atom is 0.244 e. The number of benzene rings is 2. The van der Waals surface area contributed by atoms with Crippen LogP contribution in [0.15, 0.2) is 78.9 Å². The number of ether oxygens (including phenoxy) is 1. The highest BCUT2D eigenvalue weighted by molar-refractivity contribution is 5.87. The molecular formula is C19H19NO2. The number of rotatable bonds is 6. The molecule has 0 aliphatic rings. The van der Waals surface area contributed by atoms with E-state index in [9.17, 15) is 4.79 Å². The average Bonchev–Trinajstić information content (AvgIpc) is 2.55. The van der Waals surface area contributed by atoms with E-state index < -0.39 is 0 Å².